The van der Waals surface area contributed by atoms with Crippen molar-refractivity contribution >= 4 is 11.7 Å². The van der Waals surface area contributed by atoms with Gasteiger partial charge in [-0.15, -0.1) is 6.42 Å². The van der Waals surface area contributed by atoms with Gasteiger partial charge >= 0.3 is 6.18 Å². The summed E-state index contributed by atoms with van der Waals surface area (Å²) in [5.74, 6) is 2.96. The minimum absolute atomic E-state index is 0.0165. The number of aryl methyl sites for hydroxylation is 1. The molecule has 1 aromatic carbocycles. The molecule has 10 heteroatoms. The van der Waals surface area contributed by atoms with Crippen molar-refractivity contribution < 1.29 is 27.4 Å². The van der Waals surface area contributed by atoms with Crippen LogP contribution in [0.25, 0.3) is 0 Å². The highest BCUT2D eigenvalue weighted by molar-refractivity contribution is 5.79. The first kappa shape index (κ1) is 25.9. The average molecular weight is 503 g/mol. The molecule has 2 aromatic rings. The van der Waals surface area contributed by atoms with Gasteiger partial charge in [0.25, 0.3) is 0 Å². The summed E-state index contributed by atoms with van der Waals surface area (Å²) in [5.41, 5.74) is 0.289. The van der Waals surface area contributed by atoms with E-state index in [4.69, 9.17) is 15.9 Å². The van der Waals surface area contributed by atoms with Crippen LogP contribution in [0.1, 0.15) is 72.6 Å². The van der Waals surface area contributed by atoms with Crippen molar-refractivity contribution in [1.29, 1.82) is 0 Å². The van der Waals surface area contributed by atoms with Gasteiger partial charge in [-0.1, -0.05) is 37.3 Å². The summed E-state index contributed by atoms with van der Waals surface area (Å²) in [5, 5.41) is 6.14. The van der Waals surface area contributed by atoms with E-state index in [0.29, 0.717) is 30.3 Å². The molecule has 1 saturated carbocycles. The summed E-state index contributed by atoms with van der Waals surface area (Å²) in [4.78, 5) is 21.8. The molecule has 2 N–H and O–H groups in total. The lowest BCUT2D eigenvalue weighted by molar-refractivity contribution is -0.137. The lowest BCUT2D eigenvalue weighted by Gasteiger charge is -2.24. The number of hydrogen-bond acceptors (Lipinski definition) is 6. The number of hydrogen-bond donors (Lipinski definition) is 2. The molecular formula is C26H29F3N4O3. The lowest BCUT2D eigenvalue weighted by Crippen LogP contribution is -2.37. The van der Waals surface area contributed by atoms with Crippen LogP contribution >= 0.6 is 0 Å². The largest absolute Gasteiger partial charge is 0.416 e. The van der Waals surface area contributed by atoms with Crippen LogP contribution in [0.5, 0.6) is 0 Å². The van der Waals surface area contributed by atoms with Crippen LogP contribution in [-0.2, 0) is 26.9 Å². The zero-order valence-electron chi connectivity index (χ0n) is 20.0. The Labute approximate surface area is 208 Å². The van der Waals surface area contributed by atoms with E-state index in [2.05, 4.69) is 26.5 Å². The molecule has 1 aromatic heterocycles. The molecule has 0 radical (unpaired) electrons. The number of alkyl halides is 3. The third-order valence-electron chi connectivity index (χ3n) is 6.29. The van der Waals surface area contributed by atoms with Gasteiger partial charge in [-0.2, -0.15) is 13.2 Å². The Balaban J connectivity index is 1.64. The number of carbonyl (C=O) groups is 1. The van der Waals surface area contributed by atoms with E-state index in [0.717, 1.165) is 37.8 Å². The average Bonchev–Trinajstić information content (AvgIpc) is 3.37. The summed E-state index contributed by atoms with van der Waals surface area (Å²) in [7, 11) is 0. The predicted octanol–water partition coefficient (Wildman–Crippen LogP) is 4.63. The van der Waals surface area contributed by atoms with Gasteiger partial charge in [-0.25, -0.2) is 9.97 Å². The number of ether oxygens (including phenoxy) is 2. The molecule has 1 aliphatic carbocycles. The van der Waals surface area contributed by atoms with Crippen molar-refractivity contribution in [2.24, 2.45) is 0 Å². The molecule has 2 fully saturated rings. The molecule has 1 aliphatic heterocycles. The van der Waals surface area contributed by atoms with Gasteiger partial charge in [0.2, 0.25) is 5.91 Å². The second-order valence-electron chi connectivity index (χ2n) is 9.00. The molecular weight excluding hydrogens is 473 g/mol. The predicted molar refractivity (Wildman–Crippen MR) is 127 cm³/mol. The Morgan fingerprint density at radius 1 is 1.19 bits per heavy atom. The molecule has 2 heterocycles. The molecule has 4 rings (SSSR count). The number of nitrogens with zero attached hydrogens (tertiary/aromatic N) is 2. The Hall–Kier alpha value is -3.16. The summed E-state index contributed by atoms with van der Waals surface area (Å²) in [6, 6.07) is 4.03. The number of aromatic nitrogens is 2. The van der Waals surface area contributed by atoms with Crippen LogP contribution in [0.2, 0.25) is 0 Å². The second-order valence-corrected chi connectivity index (χ2v) is 9.00. The SMILES string of the molecule is C#CC(Nc1nc(C)nc(CC(=O)NC2CCCCC2)c1C1OCCO1)c1cccc(C(F)(F)F)c1. The van der Waals surface area contributed by atoms with Crippen LogP contribution in [-0.4, -0.2) is 35.1 Å². The minimum Gasteiger partial charge on any atom is -0.353 e. The number of rotatable bonds is 7. The summed E-state index contributed by atoms with van der Waals surface area (Å²) >= 11 is 0. The Morgan fingerprint density at radius 2 is 1.92 bits per heavy atom. The fourth-order valence-electron chi connectivity index (χ4n) is 4.59. The lowest BCUT2D eigenvalue weighted by atomic mass is 9.95. The van der Waals surface area contributed by atoms with Gasteiger partial charge in [0.05, 0.1) is 36.5 Å². The Morgan fingerprint density at radius 3 is 2.58 bits per heavy atom. The fraction of sp³-hybridized carbons (Fsp3) is 0.500. The van der Waals surface area contributed by atoms with Crippen molar-refractivity contribution in [3.05, 3.63) is 52.5 Å². The standard InChI is InChI=1S/C26H29F3N4O3/c1-3-20(17-8-7-9-18(14-17)26(27,28)29)33-24-23(25-35-12-13-36-25)21(30-16(2)31-24)15-22(34)32-19-10-5-4-6-11-19/h1,7-9,14,19-20,25H,4-6,10-13,15H2,2H3,(H,32,34)(H,30,31,33). The number of anilines is 1. The molecule has 2 aliphatic rings. The smallest absolute Gasteiger partial charge is 0.353 e. The van der Waals surface area contributed by atoms with E-state index in [1.165, 1.54) is 18.6 Å². The minimum atomic E-state index is -4.50. The molecule has 1 amide bonds. The zero-order chi connectivity index (χ0) is 25.7. The van der Waals surface area contributed by atoms with Crippen LogP contribution < -0.4 is 10.6 Å². The van der Waals surface area contributed by atoms with Gasteiger partial charge in [0, 0.05) is 6.04 Å². The number of benzene rings is 1. The molecule has 0 spiro atoms. The van der Waals surface area contributed by atoms with E-state index in [-0.39, 0.29) is 29.8 Å². The highest BCUT2D eigenvalue weighted by atomic mass is 19.4. The molecule has 1 saturated heterocycles. The quantitative estimate of drug-likeness (QED) is 0.538. The third-order valence-corrected chi connectivity index (χ3v) is 6.29. The first-order valence-corrected chi connectivity index (χ1v) is 12.0. The molecule has 0 bridgehead atoms. The van der Waals surface area contributed by atoms with Gasteiger partial charge in [-0.05, 0) is 37.5 Å². The van der Waals surface area contributed by atoms with Crippen LogP contribution in [0.4, 0.5) is 19.0 Å². The Kier molecular flexibility index (Phi) is 8.11. The maximum Gasteiger partial charge on any atom is 0.416 e. The highest BCUT2D eigenvalue weighted by Crippen LogP contribution is 2.35. The van der Waals surface area contributed by atoms with Gasteiger partial charge < -0.3 is 20.1 Å². The molecule has 1 unspecified atom stereocenters. The summed E-state index contributed by atoms with van der Waals surface area (Å²) in [6.07, 6.45) is 5.61. The van der Waals surface area contributed by atoms with E-state index < -0.39 is 24.1 Å². The normalized spacial score (nSPS) is 18.0. The first-order valence-electron chi connectivity index (χ1n) is 12.0. The first-order chi connectivity index (χ1) is 17.2. The molecule has 1 atom stereocenters. The number of carbonyl (C=O) groups excluding carboxylic acids is 1. The van der Waals surface area contributed by atoms with Crippen molar-refractivity contribution in [2.45, 2.75) is 70.0 Å². The molecule has 7 nitrogen and oxygen atoms in total. The van der Waals surface area contributed by atoms with Gasteiger partial charge in [0.15, 0.2) is 6.29 Å². The van der Waals surface area contributed by atoms with E-state index in [9.17, 15) is 18.0 Å². The van der Waals surface area contributed by atoms with Gasteiger partial charge in [0.1, 0.15) is 17.7 Å². The number of amides is 1. The van der Waals surface area contributed by atoms with E-state index >= 15 is 0 Å². The number of nitrogens with one attached hydrogen (secondary N) is 2. The second kappa shape index (κ2) is 11.3. The van der Waals surface area contributed by atoms with E-state index in [1.54, 1.807) is 6.92 Å². The zero-order valence-corrected chi connectivity index (χ0v) is 20.0. The topological polar surface area (TPSA) is 85.4 Å². The Bertz CT molecular complexity index is 1120. The van der Waals surface area contributed by atoms with Crippen molar-refractivity contribution in [2.75, 3.05) is 18.5 Å². The maximum atomic E-state index is 13.3. The maximum absolute atomic E-state index is 13.3. The fourth-order valence-corrected chi connectivity index (χ4v) is 4.59. The monoisotopic (exact) mass is 502 g/mol. The molecule has 192 valence electrons. The van der Waals surface area contributed by atoms with Crippen LogP contribution in [0.3, 0.4) is 0 Å². The van der Waals surface area contributed by atoms with Crippen LogP contribution in [0, 0.1) is 19.3 Å². The van der Waals surface area contributed by atoms with Crippen LogP contribution in [0.15, 0.2) is 24.3 Å². The number of halogens is 3. The summed E-state index contributed by atoms with van der Waals surface area (Å²) < 4.78 is 51.2. The van der Waals surface area contributed by atoms with E-state index in [1.807, 2.05) is 0 Å². The number of terminal acetylenes is 1. The van der Waals surface area contributed by atoms with Gasteiger partial charge in [-0.3, -0.25) is 4.79 Å². The van der Waals surface area contributed by atoms with Crippen molar-refractivity contribution in [3.63, 3.8) is 0 Å². The van der Waals surface area contributed by atoms with Crippen molar-refractivity contribution in [1.82, 2.24) is 15.3 Å². The highest BCUT2D eigenvalue weighted by Gasteiger charge is 2.32. The molecule has 36 heavy (non-hydrogen) atoms. The van der Waals surface area contributed by atoms with Crippen molar-refractivity contribution in [3.8, 4) is 12.3 Å². The third kappa shape index (κ3) is 6.33. The summed E-state index contributed by atoms with van der Waals surface area (Å²) in [6.45, 7) is 2.36.